The van der Waals surface area contributed by atoms with E-state index in [0.717, 1.165) is 6.54 Å². The van der Waals surface area contributed by atoms with Crippen LogP contribution in [-0.2, 0) is 32.1 Å². The third-order valence-corrected chi connectivity index (χ3v) is 5.26. The molecule has 10 heteroatoms. The monoisotopic (exact) mass is 390 g/mol. The lowest BCUT2D eigenvalue weighted by Crippen LogP contribution is -2.56. The Morgan fingerprint density at radius 3 is 2.79 bits per heavy atom. The first-order valence-electron chi connectivity index (χ1n) is 9.59. The summed E-state index contributed by atoms with van der Waals surface area (Å²) < 4.78 is 1.87. The van der Waals surface area contributed by atoms with Gasteiger partial charge in [0.25, 0.3) is 0 Å². The molecule has 2 fully saturated rings. The smallest absolute Gasteiger partial charge is 0.246 e. The van der Waals surface area contributed by atoms with Gasteiger partial charge in [-0.15, -0.1) is 0 Å². The summed E-state index contributed by atoms with van der Waals surface area (Å²) >= 11 is 0. The molecule has 3 heterocycles. The van der Waals surface area contributed by atoms with Crippen molar-refractivity contribution in [3.05, 3.63) is 18.2 Å². The lowest BCUT2D eigenvalue weighted by molar-refractivity contribution is -0.140. The predicted octanol–water partition coefficient (Wildman–Crippen LogP) is -1.31. The zero-order chi connectivity index (χ0) is 20.3. The number of hydrogen-bond acceptors (Lipinski definition) is 5. The Labute approximate surface area is 162 Å². The van der Waals surface area contributed by atoms with Gasteiger partial charge in [0.2, 0.25) is 23.6 Å². The van der Waals surface area contributed by atoms with Gasteiger partial charge in [-0.05, 0) is 26.2 Å². The number of amides is 4. The number of hydrogen-bond donors (Lipinski definition) is 3. The van der Waals surface area contributed by atoms with Crippen molar-refractivity contribution < 1.29 is 19.2 Å². The van der Waals surface area contributed by atoms with E-state index in [1.54, 1.807) is 6.33 Å². The molecule has 0 bridgehead atoms. The second-order valence-corrected chi connectivity index (χ2v) is 7.21. The van der Waals surface area contributed by atoms with Crippen LogP contribution in [0.2, 0.25) is 0 Å². The number of nitrogens with zero attached hydrogens (tertiary/aromatic N) is 3. The molecule has 3 atom stereocenters. The van der Waals surface area contributed by atoms with Crippen LogP contribution in [0.25, 0.3) is 0 Å². The van der Waals surface area contributed by atoms with Crippen molar-refractivity contribution >= 4 is 23.6 Å². The normalized spacial score (nSPS) is 22.8. The molecule has 0 unspecified atom stereocenters. The molecule has 0 spiro atoms. The molecule has 4 N–H and O–H groups in total. The van der Waals surface area contributed by atoms with Crippen LogP contribution in [0.4, 0.5) is 0 Å². The first-order chi connectivity index (χ1) is 13.4. The molecule has 28 heavy (non-hydrogen) atoms. The quantitative estimate of drug-likeness (QED) is 0.530. The van der Waals surface area contributed by atoms with Gasteiger partial charge in [0.1, 0.15) is 18.1 Å². The molecular weight excluding hydrogens is 364 g/mol. The second kappa shape index (κ2) is 8.41. The molecule has 152 valence electrons. The number of imidazole rings is 1. The van der Waals surface area contributed by atoms with E-state index in [9.17, 15) is 19.2 Å². The molecule has 0 saturated carbocycles. The Balaban J connectivity index is 1.76. The molecule has 2 aliphatic rings. The first kappa shape index (κ1) is 19.8. The number of rotatable bonds is 7. The summed E-state index contributed by atoms with van der Waals surface area (Å²) in [6, 6.07) is -2.20. The van der Waals surface area contributed by atoms with Crippen molar-refractivity contribution in [3.63, 3.8) is 0 Å². The van der Waals surface area contributed by atoms with E-state index in [2.05, 4.69) is 15.6 Å². The van der Waals surface area contributed by atoms with Crippen LogP contribution in [0.5, 0.6) is 0 Å². The summed E-state index contributed by atoms with van der Waals surface area (Å²) in [5.74, 6) is -1.49. The highest BCUT2D eigenvalue weighted by molar-refractivity contribution is 5.95. The predicted molar refractivity (Wildman–Crippen MR) is 98.6 cm³/mol. The van der Waals surface area contributed by atoms with Gasteiger partial charge in [0.15, 0.2) is 0 Å². The Hall–Kier alpha value is -2.91. The molecule has 3 rings (SSSR count). The number of aryl methyl sites for hydroxylation is 1. The number of aromatic nitrogens is 2. The number of likely N-dealkylation sites (tertiary alicyclic amines) is 1. The van der Waals surface area contributed by atoms with E-state index in [1.165, 1.54) is 4.90 Å². The fraction of sp³-hybridized carbons (Fsp3) is 0.611. The number of nitrogens with one attached hydrogen (secondary N) is 2. The van der Waals surface area contributed by atoms with Gasteiger partial charge in [0.05, 0.1) is 12.0 Å². The van der Waals surface area contributed by atoms with Crippen molar-refractivity contribution in [3.8, 4) is 0 Å². The average molecular weight is 390 g/mol. The van der Waals surface area contributed by atoms with E-state index in [0.29, 0.717) is 31.5 Å². The van der Waals surface area contributed by atoms with Crippen LogP contribution in [0, 0.1) is 0 Å². The Morgan fingerprint density at radius 2 is 2.18 bits per heavy atom. The maximum absolute atomic E-state index is 13.1. The minimum atomic E-state index is -0.884. The van der Waals surface area contributed by atoms with Crippen LogP contribution in [0.15, 0.2) is 12.5 Å². The van der Waals surface area contributed by atoms with Crippen molar-refractivity contribution in [2.45, 2.75) is 63.7 Å². The van der Waals surface area contributed by atoms with Gasteiger partial charge >= 0.3 is 0 Å². The van der Waals surface area contributed by atoms with E-state index in [-0.39, 0.29) is 24.7 Å². The highest BCUT2D eigenvalue weighted by Crippen LogP contribution is 2.19. The first-order valence-corrected chi connectivity index (χ1v) is 9.59. The fourth-order valence-corrected chi connectivity index (χ4v) is 3.70. The van der Waals surface area contributed by atoms with Gasteiger partial charge in [-0.25, -0.2) is 4.98 Å². The van der Waals surface area contributed by atoms with E-state index >= 15 is 0 Å². The summed E-state index contributed by atoms with van der Waals surface area (Å²) in [5, 5.41) is 5.35. The highest BCUT2D eigenvalue weighted by atomic mass is 16.2. The Morgan fingerprint density at radius 1 is 1.39 bits per heavy atom. The van der Waals surface area contributed by atoms with Crippen molar-refractivity contribution in [1.29, 1.82) is 0 Å². The summed E-state index contributed by atoms with van der Waals surface area (Å²) in [5.41, 5.74) is 6.09. The molecule has 1 aromatic heterocycles. The molecule has 1 aromatic rings. The van der Waals surface area contributed by atoms with Crippen LogP contribution in [0.3, 0.4) is 0 Å². The summed E-state index contributed by atoms with van der Waals surface area (Å²) in [7, 11) is 0. The largest absolute Gasteiger partial charge is 0.368 e. The summed E-state index contributed by atoms with van der Waals surface area (Å²) in [6.07, 6.45) is 5.56. The van der Waals surface area contributed by atoms with Crippen molar-refractivity contribution in [2.75, 3.05) is 6.54 Å². The zero-order valence-corrected chi connectivity index (χ0v) is 15.9. The lowest BCUT2D eigenvalue weighted by Gasteiger charge is -2.28. The molecule has 0 radical (unpaired) electrons. The molecule has 10 nitrogen and oxygen atoms in total. The molecule has 2 saturated heterocycles. The molecule has 4 amide bonds. The van der Waals surface area contributed by atoms with E-state index in [4.69, 9.17) is 5.73 Å². The maximum atomic E-state index is 13.1. The van der Waals surface area contributed by atoms with E-state index < -0.39 is 29.9 Å². The number of nitrogens with two attached hydrogens (primary N) is 1. The Bertz CT molecular complexity index is 776. The highest BCUT2D eigenvalue weighted by Gasteiger charge is 2.38. The molecule has 2 aliphatic heterocycles. The van der Waals surface area contributed by atoms with Crippen LogP contribution in [0.1, 0.15) is 38.3 Å². The van der Waals surface area contributed by atoms with Gasteiger partial charge < -0.3 is 25.8 Å². The minimum Gasteiger partial charge on any atom is -0.368 e. The van der Waals surface area contributed by atoms with Gasteiger partial charge in [-0.2, -0.15) is 0 Å². The van der Waals surface area contributed by atoms with Crippen LogP contribution < -0.4 is 16.4 Å². The molecular formula is C18H26N6O4. The topological polar surface area (TPSA) is 139 Å². The second-order valence-electron chi connectivity index (χ2n) is 7.21. The molecule has 0 aliphatic carbocycles. The third-order valence-electron chi connectivity index (χ3n) is 5.26. The SMILES string of the molecule is CCn1cnc(C[C@H](NC(=O)[C@@H]2CCC(=O)N2)C(=O)N2CCC[C@H]2C(N)=O)c1. The van der Waals surface area contributed by atoms with Crippen molar-refractivity contribution in [1.82, 2.24) is 25.1 Å². The molecule has 0 aromatic carbocycles. The van der Waals surface area contributed by atoms with Crippen LogP contribution >= 0.6 is 0 Å². The average Bonchev–Trinajstić information content (AvgIpc) is 3.40. The van der Waals surface area contributed by atoms with Gasteiger partial charge in [0, 0.05) is 32.1 Å². The van der Waals surface area contributed by atoms with Crippen LogP contribution in [-0.4, -0.2) is 62.7 Å². The standard InChI is InChI=1S/C18H26N6O4/c1-2-23-9-11(20-10-23)8-13(22-17(27)12-5-6-15(25)21-12)18(28)24-7-3-4-14(24)16(19)26/h9-10,12-14H,2-8H2,1H3,(H2,19,26)(H,21,25)(H,22,27)/t12-,13-,14-/m0/s1. The summed E-state index contributed by atoms with van der Waals surface area (Å²) in [4.78, 5) is 54.5. The third kappa shape index (κ3) is 4.32. The lowest BCUT2D eigenvalue weighted by atomic mass is 10.1. The summed E-state index contributed by atoms with van der Waals surface area (Å²) in [6.45, 7) is 3.13. The number of carbonyl (C=O) groups is 4. The van der Waals surface area contributed by atoms with Gasteiger partial charge in [-0.1, -0.05) is 0 Å². The number of primary amides is 1. The maximum Gasteiger partial charge on any atom is 0.246 e. The van der Waals surface area contributed by atoms with E-state index in [1.807, 2.05) is 17.7 Å². The van der Waals surface area contributed by atoms with Crippen molar-refractivity contribution in [2.24, 2.45) is 5.73 Å². The zero-order valence-electron chi connectivity index (χ0n) is 15.9. The minimum absolute atomic E-state index is 0.182. The number of carbonyl (C=O) groups excluding carboxylic acids is 4. The fourth-order valence-electron chi connectivity index (χ4n) is 3.70. The Kier molecular flexibility index (Phi) is 5.96. The van der Waals surface area contributed by atoms with Gasteiger partial charge in [-0.3, -0.25) is 19.2 Å².